The minimum atomic E-state index is 0.112. The van der Waals surface area contributed by atoms with Gasteiger partial charge in [-0.15, -0.1) is 0 Å². The van der Waals surface area contributed by atoms with Crippen molar-refractivity contribution in [3.05, 3.63) is 41.5 Å². The zero-order valence-electron chi connectivity index (χ0n) is 11.7. The second-order valence-corrected chi connectivity index (χ2v) is 5.06. The molecule has 0 N–H and O–H groups in total. The first-order chi connectivity index (χ1) is 9.13. The molecular weight excluding hydrogens is 238 g/mol. The Kier molecular flexibility index (Phi) is 4.38. The highest BCUT2D eigenvalue weighted by Crippen LogP contribution is 2.18. The first kappa shape index (κ1) is 13.8. The Bertz CT molecular complexity index is 474. The van der Waals surface area contributed by atoms with Crippen molar-refractivity contribution in [1.29, 1.82) is 0 Å². The standard InChI is InChI=1S/C16H21NO2/c1-4-13-9-12(2)10-14(11-13)16(18)17-7-5-15(19-3)6-8-17/h4,9-11,15H,1,5-8H2,2-3H3. The number of rotatable bonds is 3. The van der Waals surface area contributed by atoms with Crippen LogP contribution in [0.5, 0.6) is 0 Å². The van der Waals surface area contributed by atoms with E-state index in [0.29, 0.717) is 6.10 Å². The van der Waals surface area contributed by atoms with Crippen molar-refractivity contribution in [3.63, 3.8) is 0 Å². The number of piperidine rings is 1. The van der Waals surface area contributed by atoms with Crippen LogP contribution in [0, 0.1) is 6.92 Å². The molecular formula is C16H21NO2. The van der Waals surface area contributed by atoms with Gasteiger partial charge in [-0.3, -0.25) is 4.79 Å². The lowest BCUT2D eigenvalue weighted by Gasteiger charge is -2.31. The maximum atomic E-state index is 12.5. The molecule has 1 aliphatic heterocycles. The molecule has 0 spiro atoms. The molecule has 0 aromatic heterocycles. The van der Waals surface area contributed by atoms with Crippen LogP contribution < -0.4 is 0 Å². The molecule has 0 atom stereocenters. The molecule has 19 heavy (non-hydrogen) atoms. The molecule has 0 radical (unpaired) electrons. The summed E-state index contributed by atoms with van der Waals surface area (Å²) >= 11 is 0. The van der Waals surface area contributed by atoms with Gasteiger partial charge in [-0.2, -0.15) is 0 Å². The van der Waals surface area contributed by atoms with E-state index in [-0.39, 0.29) is 5.91 Å². The maximum Gasteiger partial charge on any atom is 0.253 e. The number of benzene rings is 1. The van der Waals surface area contributed by atoms with Gasteiger partial charge in [0, 0.05) is 25.8 Å². The van der Waals surface area contributed by atoms with Crippen LogP contribution in [0.2, 0.25) is 0 Å². The van der Waals surface area contributed by atoms with E-state index in [1.807, 2.05) is 30.0 Å². The van der Waals surface area contributed by atoms with E-state index in [1.165, 1.54) is 0 Å². The predicted molar refractivity (Wildman–Crippen MR) is 77.2 cm³/mol. The molecule has 1 fully saturated rings. The van der Waals surface area contributed by atoms with Gasteiger partial charge in [0.2, 0.25) is 0 Å². The number of methoxy groups -OCH3 is 1. The van der Waals surface area contributed by atoms with Crippen LogP contribution >= 0.6 is 0 Å². The lowest BCUT2D eigenvalue weighted by atomic mass is 10.0. The fourth-order valence-electron chi connectivity index (χ4n) is 2.53. The highest BCUT2D eigenvalue weighted by atomic mass is 16.5. The van der Waals surface area contributed by atoms with E-state index in [9.17, 15) is 4.79 Å². The number of likely N-dealkylation sites (tertiary alicyclic amines) is 1. The van der Waals surface area contributed by atoms with E-state index >= 15 is 0 Å². The van der Waals surface area contributed by atoms with Gasteiger partial charge in [0.15, 0.2) is 0 Å². The van der Waals surface area contributed by atoms with Crippen LogP contribution in [-0.2, 0) is 4.74 Å². The monoisotopic (exact) mass is 259 g/mol. The average molecular weight is 259 g/mol. The minimum absolute atomic E-state index is 0.112. The normalized spacial score (nSPS) is 16.4. The molecule has 3 nitrogen and oxygen atoms in total. The number of amides is 1. The quantitative estimate of drug-likeness (QED) is 0.835. The van der Waals surface area contributed by atoms with Crippen molar-refractivity contribution in [2.75, 3.05) is 20.2 Å². The zero-order chi connectivity index (χ0) is 13.8. The smallest absolute Gasteiger partial charge is 0.253 e. The Morgan fingerprint density at radius 2 is 2.05 bits per heavy atom. The number of hydrogen-bond acceptors (Lipinski definition) is 2. The molecule has 3 heteroatoms. The van der Waals surface area contributed by atoms with Crippen LogP contribution in [0.25, 0.3) is 6.08 Å². The summed E-state index contributed by atoms with van der Waals surface area (Å²) < 4.78 is 5.33. The van der Waals surface area contributed by atoms with Gasteiger partial charge in [-0.05, 0) is 43.0 Å². The second kappa shape index (κ2) is 6.02. The highest BCUT2D eigenvalue weighted by molar-refractivity contribution is 5.95. The first-order valence-corrected chi connectivity index (χ1v) is 6.70. The number of ether oxygens (including phenoxy) is 1. The third-order valence-electron chi connectivity index (χ3n) is 3.64. The SMILES string of the molecule is C=Cc1cc(C)cc(C(=O)N2CCC(OC)CC2)c1. The Morgan fingerprint density at radius 3 is 2.63 bits per heavy atom. The molecule has 102 valence electrons. The fourth-order valence-corrected chi connectivity index (χ4v) is 2.53. The molecule has 2 rings (SSSR count). The van der Waals surface area contributed by atoms with E-state index in [1.54, 1.807) is 13.2 Å². The van der Waals surface area contributed by atoms with E-state index in [4.69, 9.17) is 4.74 Å². The molecule has 1 aliphatic rings. The first-order valence-electron chi connectivity index (χ1n) is 6.70. The molecule has 0 aliphatic carbocycles. The van der Waals surface area contributed by atoms with Gasteiger partial charge >= 0.3 is 0 Å². The van der Waals surface area contributed by atoms with Gasteiger partial charge in [0.1, 0.15) is 0 Å². The minimum Gasteiger partial charge on any atom is -0.381 e. The largest absolute Gasteiger partial charge is 0.381 e. The summed E-state index contributed by atoms with van der Waals surface area (Å²) in [5, 5.41) is 0. The van der Waals surface area contributed by atoms with E-state index < -0.39 is 0 Å². The molecule has 1 heterocycles. The fraction of sp³-hybridized carbons (Fsp3) is 0.438. The number of carbonyl (C=O) groups excluding carboxylic acids is 1. The molecule has 1 amide bonds. The topological polar surface area (TPSA) is 29.5 Å². The number of aryl methyl sites for hydroxylation is 1. The highest BCUT2D eigenvalue weighted by Gasteiger charge is 2.23. The molecule has 1 saturated heterocycles. The van der Waals surface area contributed by atoms with Gasteiger partial charge in [-0.25, -0.2) is 0 Å². The molecule has 0 saturated carbocycles. The van der Waals surface area contributed by atoms with Crippen molar-refractivity contribution in [2.45, 2.75) is 25.9 Å². The average Bonchev–Trinajstić information content (AvgIpc) is 2.46. The van der Waals surface area contributed by atoms with Gasteiger partial charge in [0.25, 0.3) is 5.91 Å². The Morgan fingerprint density at radius 1 is 1.37 bits per heavy atom. The van der Waals surface area contributed by atoms with Crippen LogP contribution in [0.4, 0.5) is 0 Å². The molecule has 0 bridgehead atoms. The lowest BCUT2D eigenvalue weighted by Crippen LogP contribution is -2.40. The Labute approximate surface area is 114 Å². The third kappa shape index (κ3) is 3.24. The number of carbonyl (C=O) groups is 1. The van der Waals surface area contributed by atoms with Crippen molar-refractivity contribution >= 4 is 12.0 Å². The van der Waals surface area contributed by atoms with Crippen molar-refractivity contribution in [1.82, 2.24) is 4.90 Å². The van der Waals surface area contributed by atoms with Gasteiger partial charge in [-0.1, -0.05) is 18.7 Å². The summed E-state index contributed by atoms with van der Waals surface area (Å²) in [6.07, 6.45) is 3.91. The number of nitrogens with zero attached hydrogens (tertiary/aromatic N) is 1. The Hall–Kier alpha value is -1.61. The summed E-state index contributed by atoms with van der Waals surface area (Å²) in [6.45, 7) is 7.31. The third-order valence-corrected chi connectivity index (χ3v) is 3.64. The second-order valence-electron chi connectivity index (χ2n) is 5.06. The van der Waals surface area contributed by atoms with Crippen LogP contribution in [-0.4, -0.2) is 37.1 Å². The summed E-state index contributed by atoms with van der Waals surface area (Å²) in [7, 11) is 1.74. The van der Waals surface area contributed by atoms with Crippen LogP contribution in [0.15, 0.2) is 24.8 Å². The predicted octanol–water partition coefficient (Wildman–Crippen LogP) is 2.89. The maximum absolute atomic E-state index is 12.5. The summed E-state index contributed by atoms with van der Waals surface area (Å²) in [4.78, 5) is 14.4. The number of hydrogen-bond donors (Lipinski definition) is 0. The van der Waals surface area contributed by atoms with Crippen molar-refractivity contribution in [2.24, 2.45) is 0 Å². The van der Waals surface area contributed by atoms with E-state index in [2.05, 4.69) is 6.58 Å². The summed E-state index contributed by atoms with van der Waals surface area (Å²) in [5.74, 6) is 0.112. The molecule has 1 aromatic carbocycles. The van der Waals surface area contributed by atoms with Crippen molar-refractivity contribution < 1.29 is 9.53 Å². The molecule has 0 unspecified atom stereocenters. The van der Waals surface area contributed by atoms with Crippen molar-refractivity contribution in [3.8, 4) is 0 Å². The van der Waals surface area contributed by atoms with Gasteiger partial charge < -0.3 is 9.64 Å². The van der Waals surface area contributed by atoms with Gasteiger partial charge in [0.05, 0.1) is 6.10 Å². The zero-order valence-corrected chi connectivity index (χ0v) is 11.7. The molecule has 1 aromatic rings. The lowest BCUT2D eigenvalue weighted by molar-refractivity contribution is 0.0350. The Balaban J connectivity index is 2.12. The van der Waals surface area contributed by atoms with Crippen LogP contribution in [0.3, 0.4) is 0 Å². The summed E-state index contributed by atoms with van der Waals surface area (Å²) in [6, 6.07) is 5.88. The van der Waals surface area contributed by atoms with E-state index in [0.717, 1.165) is 42.6 Å². The van der Waals surface area contributed by atoms with Crippen LogP contribution in [0.1, 0.15) is 34.3 Å². The summed E-state index contributed by atoms with van der Waals surface area (Å²) in [5.41, 5.74) is 2.84.